The van der Waals surface area contributed by atoms with Gasteiger partial charge in [0.05, 0.1) is 16.5 Å². The van der Waals surface area contributed by atoms with Gasteiger partial charge in [-0.15, -0.1) is 0 Å². The largest absolute Gasteiger partial charge is 0.478 e. The molecule has 172 valence electrons. The van der Waals surface area contributed by atoms with E-state index in [1.54, 1.807) is 18.2 Å². The quantitative estimate of drug-likeness (QED) is 0.225. The third kappa shape index (κ3) is 3.71. The maximum absolute atomic E-state index is 12.0. The fourth-order valence-corrected chi connectivity index (χ4v) is 6.29. The highest BCUT2D eigenvalue weighted by Crippen LogP contribution is 2.57. The molecule has 2 aliphatic heterocycles. The summed E-state index contributed by atoms with van der Waals surface area (Å²) in [5.74, 6) is -0.146. The average molecular weight is 447 g/mol. The number of carboxylic acid groups (broad SMARTS) is 1. The van der Waals surface area contributed by atoms with Gasteiger partial charge in [0.2, 0.25) is 0 Å². The van der Waals surface area contributed by atoms with E-state index in [1.165, 1.54) is 12.1 Å². The van der Waals surface area contributed by atoms with Crippen LogP contribution in [0.5, 0.6) is 0 Å². The van der Waals surface area contributed by atoms with Crippen molar-refractivity contribution in [3.05, 3.63) is 80.9 Å². The van der Waals surface area contributed by atoms with E-state index >= 15 is 0 Å². The Morgan fingerprint density at radius 3 is 2.79 bits per heavy atom. The van der Waals surface area contributed by atoms with Gasteiger partial charge in [0, 0.05) is 30.3 Å². The Kier molecular flexibility index (Phi) is 5.69. The molecule has 1 N–H and O–H groups in total. The Labute approximate surface area is 194 Å². The molecule has 6 nitrogen and oxygen atoms in total. The Bertz CT molecular complexity index is 1130. The van der Waals surface area contributed by atoms with Gasteiger partial charge in [0.15, 0.2) is 0 Å². The van der Waals surface area contributed by atoms with E-state index < -0.39 is 5.97 Å². The number of rotatable bonds is 7. The Balaban J connectivity index is 1.65. The first kappa shape index (κ1) is 21.7. The normalized spacial score (nSPS) is 24.9. The number of allylic oxidation sites excluding steroid dienone is 2. The lowest BCUT2D eigenvalue weighted by Crippen LogP contribution is -2.43. The van der Waals surface area contributed by atoms with E-state index in [4.69, 9.17) is 0 Å². The van der Waals surface area contributed by atoms with Crippen LogP contribution >= 0.6 is 0 Å². The summed E-state index contributed by atoms with van der Waals surface area (Å²) < 4.78 is 0. The molecule has 0 radical (unpaired) electrons. The lowest BCUT2D eigenvalue weighted by Gasteiger charge is -2.50. The molecular weight excluding hydrogens is 416 g/mol. The molecule has 0 amide bonds. The van der Waals surface area contributed by atoms with Gasteiger partial charge in [0.25, 0.3) is 5.69 Å². The van der Waals surface area contributed by atoms with E-state index in [1.807, 2.05) is 18.2 Å². The van der Waals surface area contributed by atoms with Crippen molar-refractivity contribution in [3.63, 3.8) is 0 Å². The number of aromatic carboxylic acids is 1. The van der Waals surface area contributed by atoms with Crippen molar-refractivity contribution in [2.75, 3.05) is 11.4 Å². The summed E-state index contributed by atoms with van der Waals surface area (Å²) in [6.45, 7) is 3.09. The minimum absolute atomic E-state index is 0.0448. The van der Waals surface area contributed by atoms with Gasteiger partial charge in [-0.05, 0) is 59.9 Å². The van der Waals surface area contributed by atoms with Crippen LogP contribution in [0, 0.1) is 16.0 Å². The first-order valence-electron chi connectivity index (χ1n) is 12.1. The zero-order valence-corrected chi connectivity index (χ0v) is 18.9. The molecule has 0 bridgehead atoms. The molecule has 0 fully saturated rings. The summed E-state index contributed by atoms with van der Waals surface area (Å²) in [6, 6.07) is 10.9. The third-order valence-corrected chi connectivity index (χ3v) is 7.75. The third-order valence-electron chi connectivity index (χ3n) is 7.75. The lowest BCUT2D eigenvalue weighted by molar-refractivity contribution is -0.384. The average Bonchev–Trinajstić information content (AvgIpc) is 3.30. The van der Waals surface area contributed by atoms with Gasteiger partial charge >= 0.3 is 5.97 Å². The molecule has 0 aromatic heterocycles. The molecule has 4 atom stereocenters. The molecule has 5 rings (SSSR count). The molecule has 0 saturated carbocycles. The molecule has 3 aliphatic rings. The predicted octanol–water partition coefficient (Wildman–Crippen LogP) is 6.58. The zero-order chi connectivity index (χ0) is 23.1. The number of nitro groups is 1. The Morgan fingerprint density at radius 1 is 1.21 bits per heavy atom. The SMILES string of the molecule is CCCCC[C@@H]1CCN2c3c1cc(C(=O)O)cc3[C@@H]1C=CC[C@@H]1[C@@H]2c1cccc([N+](=O)[O-])c1. The predicted molar refractivity (Wildman–Crippen MR) is 128 cm³/mol. The number of benzene rings is 2. The van der Waals surface area contributed by atoms with E-state index in [9.17, 15) is 20.0 Å². The van der Waals surface area contributed by atoms with Gasteiger partial charge in [0.1, 0.15) is 0 Å². The van der Waals surface area contributed by atoms with E-state index in [2.05, 4.69) is 24.0 Å². The first-order valence-corrected chi connectivity index (χ1v) is 12.1. The van der Waals surface area contributed by atoms with E-state index in [0.29, 0.717) is 11.5 Å². The molecule has 0 saturated heterocycles. The maximum Gasteiger partial charge on any atom is 0.335 e. The number of fused-ring (bicyclic) bond motifs is 2. The van der Waals surface area contributed by atoms with Gasteiger partial charge in [-0.3, -0.25) is 10.1 Å². The molecule has 6 heteroatoms. The number of non-ortho nitro benzene ring substituents is 1. The van der Waals surface area contributed by atoms with Crippen molar-refractivity contribution in [3.8, 4) is 0 Å². The summed E-state index contributed by atoms with van der Waals surface area (Å²) in [7, 11) is 0. The van der Waals surface area contributed by atoms with Gasteiger partial charge in [-0.25, -0.2) is 4.79 Å². The van der Waals surface area contributed by atoms with Crippen LogP contribution in [-0.4, -0.2) is 22.5 Å². The van der Waals surface area contributed by atoms with Gasteiger partial charge in [-0.1, -0.05) is 50.5 Å². The number of carboxylic acids is 1. The summed E-state index contributed by atoms with van der Waals surface area (Å²) in [6.07, 6.45) is 10.8. The van der Waals surface area contributed by atoms with Crippen LogP contribution in [0.2, 0.25) is 0 Å². The number of hydrogen-bond acceptors (Lipinski definition) is 4. The smallest absolute Gasteiger partial charge is 0.335 e. The topological polar surface area (TPSA) is 83.7 Å². The van der Waals surface area contributed by atoms with Crippen LogP contribution < -0.4 is 4.90 Å². The maximum atomic E-state index is 12.0. The van der Waals surface area contributed by atoms with Crippen LogP contribution in [-0.2, 0) is 0 Å². The van der Waals surface area contributed by atoms with Crippen molar-refractivity contribution in [2.24, 2.45) is 5.92 Å². The number of anilines is 1. The number of nitrogens with zero attached hydrogens (tertiary/aromatic N) is 2. The van der Waals surface area contributed by atoms with Gasteiger partial charge in [-0.2, -0.15) is 0 Å². The second-order valence-electron chi connectivity index (χ2n) is 9.63. The molecule has 2 aromatic rings. The number of hydrogen-bond donors (Lipinski definition) is 1. The first-order chi connectivity index (χ1) is 16.0. The highest BCUT2D eigenvalue weighted by molar-refractivity contribution is 5.90. The van der Waals surface area contributed by atoms with Crippen molar-refractivity contribution < 1.29 is 14.8 Å². The number of nitro benzene ring substituents is 1. The minimum Gasteiger partial charge on any atom is -0.478 e. The molecule has 2 heterocycles. The van der Waals surface area contributed by atoms with Crippen LogP contribution in [0.4, 0.5) is 11.4 Å². The molecule has 2 aromatic carbocycles. The highest BCUT2D eigenvalue weighted by Gasteiger charge is 2.46. The van der Waals surface area contributed by atoms with Crippen molar-refractivity contribution >= 4 is 17.3 Å². The molecule has 1 aliphatic carbocycles. The van der Waals surface area contributed by atoms with Crippen LogP contribution in [0.25, 0.3) is 0 Å². The number of carbonyl (C=O) groups is 1. The zero-order valence-electron chi connectivity index (χ0n) is 18.9. The molecule has 33 heavy (non-hydrogen) atoms. The van der Waals surface area contributed by atoms with Crippen LogP contribution in [0.1, 0.15) is 90.4 Å². The minimum atomic E-state index is -0.877. The molecule has 0 spiro atoms. The second kappa shape index (κ2) is 8.65. The fraction of sp³-hybridized carbons (Fsp3) is 0.444. The lowest BCUT2D eigenvalue weighted by atomic mass is 9.71. The second-order valence-corrected chi connectivity index (χ2v) is 9.63. The van der Waals surface area contributed by atoms with Gasteiger partial charge < -0.3 is 10.0 Å². The fourth-order valence-electron chi connectivity index (χ4n) is 6.29. The summed E-state index contributed by atoms with van der Waals surface area (Å²) in [5, 5.41) is 21.3. The van der Waals surface area contributed by atoms with Crippen molar-refractivity contribution in [1.82, 2.24) is 0 Å². The number of unbranched alkanes of at least 4 members (excludes halogenated alkanes) is 2. The van der Waals surface area contributed by atoms with Crippen molar-refractivity contribution in [2.45, 2.75) is 63.3 Å². The summed E-state index contributed by atoms with van der Waals surface area (Å²) in [5.41, 5.74) is 4.92. The van der Waals surface area contributed by atoms with Crippen LogP contribution in [0.15, 0.2) is 48.6 Å². The Hall–Kier alpha value is -3.15. The molecular formula is C27H30N2O4. The summed E-state index contributed by atoms with van der Waals surface area (Å²) in [4.78, 5) is 25.6. The summed E-state index contributed by atoms with van der Waals surface area (Å²) >= 11 is 0. The van der Waals surface area contributed by atoms with Crippen LogP contribution in [0.3, 0.4) is 0 Å². The standard InChI is InChI=1S/C27H30N2O4/c1-2-3-4-7-17-12-13-28-25(18-8-5-9-20(14-18)29(32)33)22-11-6-10-21(22)24-16-19(27(30)31)15-23(17)26(24)28/h5-6,8-10,14-17,21-22,25H,2-4,7,11-13H2,1H3,(H,30,31)/t17-,21-,22+,25+/m1/s1. The monoisotopic (exact) mass is 446 g/mol. The highest BCUT2D eigenvalue weighted by atomic mass is 16.6. The Morgan fingerprint density at radius 2 is 2.03 bits per heavy atom. The molecule has 0 unspecified atom stereocenters. The van der Waals surface area contributed by atoms with E-state index in [-0.39, 0.29) is 28.5 Å². The van der Waals surface area contributed by atoms with E-state index in [0.717, 1.165) is 55.3 Å². The van der Waals surface area contributed by atoms with Crippen molar-refractivity contribution in [1.29, 1.82) is 0 Å².